The van der Waals surface area contributed by atoms with E-state index in [1.165, 1.54) is 12.4 Å². The summed E-state index contributed by atoms with van der Waals surface area (Å²) in [5.41, 5.74) is 0. The lowest BCUT2D eigenvalue weighted by Gasteiger charge is -1.85. The Balaban J connectivity index is 3.13. The molecule has 0 bridgehead atoms. The summed E-state index contributed by atoms with van der Waals surface area (Å²) in [6, 6.07) is 2.19. The van der Waals surface area contributed by atoms with Crippen LogP contribution in [0.25, 0.3) is 0 Å². The Kier molecular flexibility index (Phi) is 1.44. The minimum Gasteiger partial charge on any atom is -0.262 e. The first-order valence-electron chi connectivity index (χ1n) is 1.97. The molecule has 0 unspecified atom stereocenters. The fourth-order valence-corrected chi connectivity index (χ4v) is 0.433. The maximum absolute atomic E-state index is 12.1. The third-order valence-corrected chi connectivity index (χ3v) is 0.927. The van der Waals surface area contributed by atoms with E-state index in [2.05, 4.69) is 11.1 Å². The van der Waals surface area contributed by atoms with Crippen LogP contribution in [0.2, 0.25) is 5.02 Å². The highest BCUT2D eigenvalue weighted by atomic mass is 35.5. The zero-order valence-electron chi connectivity index (χ0n) is 3.86. The monoisotopic (exact) mass is 130 g/mol. The summed E-state index contributed by atoms with van der Waals surface area (Å²) in [4.78, 5) is 3.52. The molecule has 0 N–H and O–H groups in total. The molecule has 1 aromatic heterocycles. The average molecular weight is 131 g/mol. The van der Waals surface area contributed by atoms with Crippen molar-refractivity contribution in [3.8, 4) is 0 Å². The lowest BCUT2D eigenvalue weighted by molar-refractivity contribution is 0.623. The summed E-state index contributed by atoms with van der Waals surface area (Å²) in [6.45, 7) is 0. The molecular weight excluding hydrogens is 129 g/mol. The van der Waals surface area contributed by atoms with Crippen LogP contribution >= 0.6 is 11.6 Å². The van der Waals surface area contributed by atoms with Crippen LogP contribution in [0.3, 0.4) is 0 Å². The van der Waals surface area contributed by atoms with Gasteiger partial charge in [0.2, 0.25) is 0 Å². The van der Waals surface area contributed by atoms with Gasteiger partial charge in [0, 0.05) is 18.5 Å². The minimum absolute atomic E-state index is 0.00694. The number of hydrogen-bond donors (Lipinski definition) is 0. The lowest BCUT2D eigenvalue weighted by atomic mass is 10.5. The van der Waals surface area contributed by atoms with Gasteiger partial charge in [-0.1, -0.05) is 11.6 Å². The van der Waals surface area contributed by atoms with Gasteiger partial charge in [-0.05, 0) is 0 Å². The van der Waals surface area contributed by atoms with Gasteiger partial charge < -0.3 is 0 Å². The van der Waals surface area contributed by atoms with Crippen LogP contribution in [-0.4, -0.2) is 4.98 Å². The molecular formula is C5H2ClFN. The number of nitrogens with zero attached hydrogens (tertiary/aromatic N) is 1. The molecule has 0 fully saturated rings. The molecule has 0 aliphatic heterocycles. The summed E-state index contributed by atoms with van der Waals surface area (Å²) >= 11 is 5.24. The van der Waals surface area contributed by atoms with Gasteiger partial charge in [0.05, 0.1) is 5.02 Å². The second kappa shape index (κ2) is 2.09. The van der Waals surface area contributed by atoms with E-state index in [0.717, 1.165) is 0 Å². The molecule has 0 amide bonds. The first-order chi connectivity index (χ1) is 3.80. The molecule has 0 aromatic carbocycles. The third kappa shape index (κ3) is 0.954. The molecule has 1 aromatic rings. The van der Waals surface area contributed by atoms with Crippen molar-refractivity contribution in [1.29, 1.82) is 0 Å². The van der Waals surface area contributed by atoms with Crippen molar-refractivity contribution in [2.24, 2.45) is 0 Å². The van der Waals surface area contributed by atoms with Crippen LogP contribution in [-0.2, 0) is 0 Å². The number of hydrogen-bond acceptors (Lipinski definition) is 1. The molecule has 0 aliphatic carbocycles. The van der Waals surface area contributed by atoms with E-state index in [-0.39, 0.29) is 5.02 Å². The van der Waals surface area contributed by atoms with Gasteiger partial charge in [-0.3, -0.25) is 4.98 Å². The molecule has 0 spiro atoms. The maximum atomic E-state index is 12.1. The second-order valence-corrected chi connectivity index (χ2v) is 1.62. The molecule has 8 heavy (non-hydrogen) atoms. The molecule has 1 heterocycles. The Morgan fingerprint density at radius 3 is 2.88 bits per heavy atom. The van der Waals surface area contributed by atoms with E-state index < -0.39 is 5.82 Å². The van der Waals surface area contributed by atoms with Crippen LogP contribution in [0.5, 0.6) is 0 Å². The predicted octanol–water partition coefficient (Wildman–Crippen LogP) is 1.67. The van der Waals surface area contributed by atoms with Gasteiger partial charge >= 0.3 is 0 Å². The van der Waals surface area contributed by atoms with Crippen LogP contribution in [0.4, 0.5) is 4.39 Å². The smallest absolute Gasteiger partial charge is 0.152 e. The highest BCUT2D eigenvalue weighted by Crippen LogP contribution is 2.08. The topological polar surface area (TPSA) is 12.9 Å². The average Bonchev–Trinajstić information content (AvgIpc) is 1.77. The Labute approximate surface area is 51.1 Å². The first-order valence-corrected chi connectivity index (χ1v) is 2.35. The summed E-state index contributed by atoms with van der Waals surface area (Å²) in [5.74, 6) is -0.554. The molecule has 0 aliphatic rings. The van der Waals surface area contributed by atoms with Gasteiger partial charge in [0.25, 0.3) is 0 Å². The van der Waals surface area contributed by atoms with E-state index in [4.69, 9.17) is 11.6 Å². The van der Waals surface area contributed by atoms with E-state index in [1.54, 1.807) is 0 Å². The van der Waals surface area contributed by atoms with E-state index >= 15 is 0 Å². The zero-order chi connectivity index (χ0) is 5.98. The van der Waals surface area contributed by atoms with E-state index in [1.807, 2.05) is 0 Å². The SMILES string of the molecule is Fc1[c]cncc1Cl. The third-order valence-electron chi connectivity index (χ3n) is 0.663. The molecule has 41 valence electrons. The van der Waals surface area contributed by atoms with Crippen molar-refractivity contribution in [2.75, 3.05) is 0 Å². The lowest BCUT2D eigenvalue weighted by Crippen LogP contribution is -1.76. The second-order valence-electron chi connectivity index (χ2n) is 1.21. The van der Waals surface area contributed by atoms with Gasteiger partial charge in [-0.15, -0.1) is 0 Å². The van der Waals surface area contributed by atoms with Crippen LogP contribution in [0.15, 0.2) is 12.4 Å². The number of halogens is 2. The molecule has 0 saturated carbocycles. The standard InChI is InChI=1S/C5H2ClFN/c6-4-3-8-2-1-5(4)7/h2-3H. The van der Waals surface area contributed by atoms with Crippen molar-refractivity contribution in [2.45, 2.75) is 0 Å². The van der Waals surface area contributed by atoms with Gasteiger partial charge in [0.15, 0.2) is 5.82 Å². The van der Waals surface area contributed by atoms with Gasteiger partial charge in [-0.25, -0.2) is 4.39 Å². The van der Waals surface area contributed by atoms with Crippen molar-refractivity contribution in [1.82, 2.24) is 4.98 Å². The Morgan fingerprint density at radius 1 is 1.75 bits per heavy atom. The van der Waals surface area contributed by atoms with Crippen molar-refractivity contribution in [3.05, 3.63) is 29.3 Å². The largest absolute Gasteiger partial charge is 0.262 e. The number of rotatable bonds is 0. The highest BCUT2D eigenvalue weighted by molar-refractivity contribution is 6.30. The molecule has 0 saturated heterocycles. The summed E-state index contributed by atoms with van der Waals surface area (Å²) < 4.78 is 12.1. The van der Waals surface area contributed by atoms with Crippen molar-refractivity contribution in [3.63, 3.8) is 0 Å². The fraction of sp³-hybridized carbons (Fsp3) is 0. The summed E-state index contributed by atoms with van der Waals surface area (Å²) in [7, 11) is 0. The van der Waals surface area contributed by atoms with Gasteiger partial charge in [-0.2, -0.15) is 0 Å². The quantitative estimate of drug-likeness (QED) is 0.521. The van der Waals surface area contributed by atoms with Gasteiger partial charge in [0.1, 0.15) is 0 Å². The van der Waals surface area contributed by atoms with Crippen molar-refractivity contribution >= 4 is 11.6 Å². The molecule has 1 radical (unpaired) electrons. The summed E-state index contributed by atoms with van der Waals surface area (Å²) in [5, 5.41) is 0.00694. The predicted molar refractivity (Wildman–Crippen MR) is 28.0 cm³/mol. The van der Waals surface area contributed by atoms with Crippen molar-refractivity contribution < 1.29 is 4.39 Å². The number of pyridine rings is 1. The summed E-state index contributed by atoms with van der Waals surface area (Å²) in [6.07, 6.45) is 2.45. The van der Waals surface area contributed by atoms with Crippen LogP contribution < -0.4 is 0 Å². The Hall–Kier alpha value is -0.630. The zero-order valence-corrected chi connectivity index (χ0v) is 4.61. The Morgan fingerprint density at radius 2 is 2.50 bits per heavy atom. The van der Waals surface area contributed by atoms with Crippen LogP contribution in [0.1, 0.15) is 0 Å². The van der Waals surface area contributed by atoms with Crippen LogP contribution in [0, 0.1) is 11.9 Å². The van der Waals surface area contributed by atoms with E-state index in [0.29, 0.717) is 0 Å². The Bertz CT molecular complexity index is 169. The molecule has 3 heteroatoms. The molecule has 1 rings (SSSR count). The molecule has 1 nitrogen and oxygen atoms in total. The molecule has 0 atom stereocenters. The minimum atomic E-state index is -0.554. The number of aromatic nitrogens is 1. The normalized spacial score (nSPS) is 9.25. The van der Waals surface area contributed by atoms with E-state index in [9.17, 15) is 4.39 Å². The highest BCUT2D eigenvalue weighted by Gasteiger charge is 1.93. The first kappa shape index (κ1) is 5.51. The maximum Gasteiger partial charge on any atom is 0.152 e. The fourth-order valence-electron chi connectivity index (χ4n) is 0.322.